The monoisotopic (exact) mass is 272 g/mol. The summed E-state index contributed by atoms with van der Waals surface area (Å²) in [6.07, 6.45) is 1.32. The molecule has 2 rings (SSSR count). The van der Waals surface area contributed by atoms with Crippen LogP contribution in [0.2, 0.25) is 0 Å². The van der Waals surface area contributed by atoms with Gasteiger partial charge in [-0.3, -0.25) is 4.79 Å². The summed E-state index contributed by atoms with van der Waals surface area (Å²) in [5.41, 5.74) is 6.85. The molecule has 0 spiro atoms. The van der Waals surface area contributed by atoms with E-state index in [0.717, 1.165) is 12.8 Å². The molecule has 1 aliphatic rings. The maximum Gasteiger partial charge on any atom is 0.253 e. The lowest BCUT2D eigenvalue weighted by atomic mass is 10.2. The summed E-state index contributed by atoms with van der Waals surface area (Å²) in [6, 6.07) is 5.14. The average Bonchev–Trinajstić information content (AvgIpc) is 2.85. The summed E-state index contributed by atoms with van der Waals surface area (Å²) in [6.45, 7) is 0.645. The van der Waals surface area contributed by atoms with Crippen LogP contribution in [0.25, 0.3) is 0 Å². The molecule has 5 nitrogen and oxygen atoms in total. The van der Waals surface area contributed by atoms with Crippen molar-refractivity contribution >= 4 is 29.7 Å². The summed E-state index contributed by atoms with van der Waals surface area (Å²) < 4.78 is 10.4. The van der Waals surface area contributed by atoms with Crippen LogP contribution in [0, 0.1) is 0 Å². The summed E-state index contributed by atoms with van der Waals surface area (Å²) in [7, 11) is 1.57. The van der Waals surface area contributed by atoms with E-state index in [1.54, 1.807) is 25.3 Å². The predicted octanol–water partition coefficient (Wildman–Crippen LogP) is 1.82. The van der Waals surface area contributed by atoms with E-state index in [-0.39, 0.29) is 24.4 Å². The fourth-order valence-corrected chi connectivity index (χ4v) is 1.77. The second-order valence-electron chi connectivity index (χ2n) is 3.94. The lowest BCUT2D eigenvalue weighted by Gasteiger charge is -2.13. The third-order valence-electron chi connectivity index (χ3n) is 2.74. The number of amides is 1. The Labute approximate surface area is 112 Å². The van der Waals surface area contributed by atoms with Crippen molar-refractivity contribution < 1.29 is 14.3 Å². The number of nitrogen functional groups attached to an aromatic ring is 1. The largest absolute Gasteiger partial charge is 0.497 e. The highest BCUT2D eigenvalue weighted by atomic mass is 35.5. The third kappa shape index (κ3) is 3.27. The molecule has 1 aliphatic heterocycles. The van der Waals surface area contributed by atoms with Crippen molar-refractivity contribution in [2.24, 2.45) is 0 Å². The Balaban J connectivity index is 0.00000162. The van der Waals surface area contributed by atoms with Crippen molar-refractivity contribution in [1.82, 2.24) is 0 Å². The highest BCUT2D eigenvalue weighted by molar-refractivity contribution is 5.97. The molecule has 0 aliphatic carbocycles. The van der Waals surface area contributed by atoms with Crippen LogP contribution in [-0.4, -0.2) is 25.7 Å². The number of hydrogen-bond donors (Lipinski definition) is 2. The molecule has 1 saturated heterocycles. The van der Waals surface area contributed by atoms with Crippen LogP contribution in [-0.2, 0) is 9.53 Å². The first-order valence-corrected chi connectivity index (χ1v) is 5.56. The van der Waals surface area contributed by atoms with Gasteiger partial charge in [0, 0.05) is 12.7 Å². The van der Waals surface area contributed by atoms with Gasteiger partial charge in [-0.25, -0.2) is 0 Å². The number of nitrogens with one attached hydrogen (secondary N) is 1. The van der Waals surface area contributed by atoms with Gasteiger partial charge in [-0.15, -0.1) is 12.4 Å². The number of methoxy groups -OCH3 is 1. The van der Waals surface area contributed by atoms with Gasteiger partial charge in [-0.1, -0.05) is 0 Å². The van der Waals surface area contributed by atoms with Gasteiger partial charge >= 0.3 is 0 Å². The van der Waals surface area contributed by atoms with E-state index in [0.29, 0.717) is 23.7 Å². The second-order valence-corrected chi connectivity index (χ2v) is 3.94. The number of benzene rings is 1. The van der Waals surface area contributed by atoms with Crippen LogP contribution < -0.4 is 15.8 Å². The topological polar surface area (TPSA) is 73.6 Å². The number of rotatable bonds is 3. The van der Waals surface area contributed by atoms with Crippen molar-refractivity contribution in [1.29, 1.82) is 0 Å². The fourth-order valence-electron chi connectivity index (χ4n) is 1.77. The van der Waals surface area contributed by atoms with Crippen molar-refractivity contribution in [3.05, 3.63) is 18.2 Å². The molecule has 18 heavy (non-hydrogen) atoms. The summed E-state index contributed by atoms with van der Waals surface area (Å²) in [5.74, 6) is 0.504. The number of halogens is 1. The van der Waals surface area contributed by atoms with Crippen molar-refractivity contribution in [2.75, 3.05) is 24.8 Å². The number of hydrogen-bond acceptors (Lipinski definition) is 4. The van der Waals surface area contributed by atoms with Gasteiger partial charge in [-0.05, 0) is 25.0 Å². The molecule has 0 bridgehead atoms. The van der Waals surface area contributed by atoms with E-state index in [1.807, 2.05) is 0 Å². The normalized spacial score (nSPS) is 17.9. The second kappa shape index (κ2) is 6.47. The minimum absolute atomic E-state index is 0. The minimum atomic E-state index is -0.361. The zero-order valence-electron chi connectivity index (χ0n) is 10.1. The Kier molecular flexibility index (Phi) is 5.25. The smallest absolute Gasteiger partial charge is 0.253 e. The molecular weight excluding hydrogens is 256 g/mol. The number of carbonyl (C=O) groups excluding carboxylic acids is 1. The fraction of sp³-hybridized carbons (Fsp3) is 0.417. The Morgan fingerprint density at radius 1 is 1.56 bits per heavy atom. The van der Waals surface area contributed by atoms with E-state index in [2.05, 4.69) is 5.32 Å². The van der Waals surface area contributed by atoms with Gasteiger partial charge in [0.1, 0.15) is 11.9 Å². The lowest BCUT2D eigenvalue weighted by molar-refractivity contribution is -0.124. The van der Waals surface area contributed by atoms with Crippen molar-refractivity contribution in [3.63, 3.8) is 0 Å². The quantitative estimate of drug-likeness (QED) is 0.823. The summed E-state index contributed by atoms with van der Waals surface area (Å²) in [4.78, 5) is 11.8. The van der Waals surface area contributed by atoms with Crippen LogP contribution in [0.1, 0.15) is 12.8 Å². The average molecular weight is 273 g/mol. The predicted molar refractivity (Wildman–Crippen MR) is 72.3 cm³/mol. The number of carbonyl (C=O) groups is 1. The number of ether oxygens (including phenoxy) is 2. The van der Waals surface area contributed by atoms with Gasteiger partial charge < -0.3 is 20.5 Å². The lowest BCUT2D eigenvalue weighted by Crippen LogP contribution is -2.27. The molecule has 3 N–H and O–H groups in total. The molecular formula is C12H17ClN2O3. The van der Waals surface area contributed by atoms with Gasteiger partial charge in [0.05, 0.1) is 18.5 Å². The number of nitrogens with two attached hydrogens (primary N) is 1. The molecule has 1 aromatic rings. The first kappa shape index (κ1) is 14.6. The maximum atomic E-state index is 11.8. The molecule has 100 valence electrons. The molecule has 0 saturated carbocycles. The standard InChI is InChI=1S/C12H16N2O3.ClH/c1-16-8-4-5-9(13)10(7-8)14-12(15)11-3-2-6-17-11;/h4-5,7,11H,2-3,6,13H2,1H3,(H,14,15);1H. The summed E-state index contributed by atoms with van der Waals surface area (Å²) in [5, 5.41) is 2.76. The molecule has 6 heteroatoms. The molecule has 1 amide bonds. The van der Waals surface area contributed by atoms with Gasteiger partial charge in [0.2, 0.25) is 0 Å². The maximum absolute atomic E-state index is 11.8. The van der Waals surface area contributed by atoms with E-state index in [4.69, 9.17) is 15.2 Å². The van der Waals surface area contributed by atoms with E-state index < -0.39 is 0 Å². The van der Waals surface area contributed by atoms with Crippen molar-refractivity contribution in [2.45, 2.75) is 18.9 Å². The van der Waals surface area contributed by atoms with E-state index >= 15 is 0 Å². The van der Waals surface area contributed by atoms with Gasteiger partial charge in [0.15, 0.2) is 0 Å². The molecule has 0 radical (unpaired) electrons. The third-order valence-corrected chi connectivity index (χ3v) is 2.74. The minimum Gasteiger partial charge on any atom is -0.497 e. The van der Waals surface area contributed by atoms with Crippen LogP contribution in [0.4, 0.5) is 11.4 Å². The Morgan fingerprint density at radius 3 is 2.94 bits per heavy atom. The molecule has 1 fully saturated rings. The zero-order valence-corrected chi connectivity index (χ0v) is 11.0. The first-order chi connectivity index (χ1) is 8.20. The molecule has 1 aromatic carbocycles. The SMILES string of the molecule is COc1ccc(N)c(NC(=O)C2CCCO2)c1.Cl. The van der Waals surface area contributed by atoms with Gasteiger partial charge in [-0.2, -0.15) is 0 Å². The molecule has 0 aromatic heterocycles. The molecule has 1 heterocycles. The Bertz CT molecular complexity index is 420. The zero-order chi connectivity index (χ0) is 12.3. The van der Waals surface area contributed by atoms with Crippen LogP contribution in [0.3, 0.4) is 0 Å². The molecule has 1 unspecified atom stereocenters. The van der Waals surface area contributed by atoms with Gasteiger partial charge in [0.25, 0.3) is 5.91 Å². The van der Waals surface area contributed by atoms with Crippen molar-refractivity contribution in [3.8, 4) is 5.75 Å². The Hall–Kier alpha value is -1.46. The van der Waals surface area contributed by atoms with Crippen LogP contribution >= 0.6 is 12.4 Å². The number of anilines is 2. The van der Waals surface area contributed by atoms with E-state index in [1.165, 1.54) is 0 Å². The summed E-state index contributed by atoms with van der Waals surface area (Å²) >= 11 is 0. The van der Waals surface area contributed by atoms with Crippen LogP contribution in [0.5, 0.6) is 5.75 Å². The highest BCUT2D eigenvalue weighted by Crippen LogP contribution is 2.25. The van der Waals surface area contributed by atoms with Crippen LogP contribution in [0.15, 0.2) is 18.2 Å². The van der Waals surface area contributed by atoms with E-state index in [9.17, 15) is 4.79 Å². The molecule has 1 atom stereocenters. The first-order valence-electron chi connectivity index (χ1n) is 5.56. The highest BCUT2D eigenvalue weighted by Gasteiger charge is 2.24. The Morgan fingerprint density at radius 2 is 2.33 bits per heavy atom.